The lowest BCUT2D eigenvalue weighted by molar-refractivity contribution is 0.0591. The molecule has 11 heteroatoms. The minimum atomic E-state index is -1.02. The van der Waals surface area contributed by atoms with Crippen molar-refractivity contribution in [2.75, 3.05) is 31.9 Å². The van der Waals surface area contributed by atoms with Crippen molar-refractivity contribution in [1.82, 2.24) is 19.4 Å². The molecule has 0 radical (unpaired) electrons. The summed E-state index contributed by atoms with van der Waals surface area (Å²) in [4.78, 5) is 45.1. The van der Waals surface area contributed by atoms with Gasteiger partial charge in [-0.15, -0.1) is 0 Å². The third kappa shape index (κ3) is 3.64. The van der Waals surface area contributed by atoms with Crippen LogP contribution in [0, 0.1) is 18.3 Å². The number of nitrogens with zero attached hydrogens (tertiary/aromatic N) is 5. The van der Waals surface area contributed by atoms with Crippen LogP contribution in [0.3, 0.4) is 0 Å². The Labute approximate surface area is 216 Å². The van der Waals surface area contributed by atoms with Crippen molar-refractivity contribution in [3.63, 3.8) is 0 Å². The predicted molar refractivity (Wildman–Crippen MR) is 139 cm³/mol. The SMILES string of the molecule is Cc1c(-c2ccc(N)c(C#N)c2)ccc2c3oc(C(=O)N4CCN(C(=O)O)CC4)nc3c(=O)n(C3CC3)c12. The second-order valence-electron chi connectivity index (χ2n) is 9.71. The molecule has 11 nitrogen and oxygen atoms in total. The number of carboxylic acid groups (broad SMARTS) is 1. The molecule has 3 heterocycles. The number of rotatable bonds is 3. The zero-order valence-electron chi connectivity index (χ0n) is 20.6. The summed E-state index contributed by atoms with van der Waals surface area (Å²) in [5, 5.41) is 19.3. The van der Waals surface area contributed by atoms with Crippen molar-refractivity contribution >= 4 is 39.7 Å². The van der Waals surface area contributed by atoms with Gasteiger partial charge in [-0.05, 0) is 54.7 Å². The highest BCUT2D eigenvalue weighted by atomic mass is 16.4. The lowest BCUT2D eigenvalue weighted by Gasteiger charge is -2.32. The number of fused-ring (bicyclic) bond motifs is 3. The molecule has 38 heavy (non-hydrogen) atoms. The van der Waals surface area contributed by atoms with Gasteiger partial charge in [-0.3, -0.25) is 9.59 Å². The first-order valence-corrected chi connectivity index (χ1v) is 12.3. The van der Waals surface area contributed by atoms with Crippen molar-refractivity contribution in [2.45, 2.75) is 25.8 Å². The highest BCUT2D eigenvalue weighted by Gasteiger charge is 2.32. The zero-order chi connectivity index (χ0) is 26.7. The maximum absolute atomic E-state index is 13.7. The van der Waals surface area contributed by atoms with E-state index in [2.05, 4.69) is 11.1 Å². The average molecular weight is 513 g/mol. The minimum Gasteiger partial charge on any atom is -0.465 e. The summed E-state index contributed by atoms with van der Waals surface area (Å²) in [6.07, 6.45) is 0.702. The standard InChI is InChI=1S/C27H24N6O5/c1-14-18(15-2-7-20(29)16(12-15)13-28)5-6-19-22(14)33(17-3-4-17)25(34)21-23(19)38-24(30-21)26(35)31-8-10-32(11-9-31)27(36)37/h2,5-7,12,17H,3-4,8-11,29H2,1H3,(H,36,37). The largest absolute Gasteiger partial charge is 0.465 e. The molecular formula is C27H24N6O5. The molecule has 1 aliphatic carbocycles. The molecule has 0 atom stereocenters. The quantitative estimate of drug-likeness (QED) is 0.395. The number of amides is 2. The fraction of sp³-hybridized carbons (Fsp3) is 0.296. The van der Waals surface area contributed by atoms with Gasteiger partial charge in [0.05, 0.1) is 11.1 Å². The molecule has 0 bridgehead atoms. The first-order valence-electron chi connectivity index (χ1n) is 12.3. The molecular weight excluding hydrogens is 488 g/mol. The molecule has 1 aliphatic heterocycles. The van der Waals surface area contributed by atoms with Crippen molar-refractivity contribution in [2.24, 2.45) is 0 Å². The predicted octanol–water partition coefficient (Wildman–Crippen LogP) is 3.34. The lowest BCUT2D eigenvalue weighted by atomic mass is 9.95. The summed E-state index contributed by atoms with van der Waals surface area (Å²) < 4.78 is 7.71. The van der Waals surface area contributed by atoms with E-state index in [1.807, 2.05) is 25.1 Å². The van der Waals surface area contributed by atoms with Crippen molar-refractivity contribution in [1.29, 1.82) is 5.26 Å². The number of hydrogen-bond donors (Lipinski definition) is 2. The Bertz CT molecular complexity index is 1750. The van der Waals surface area contributed by atoms with Crippen LogP contribution in [0.25, 0.3) is 33.1 Å². The van der Waals surface area contributed by atoms with E-state index >= 15 is 0 Å². The van der Waals surface area contributed by atoms with Crippen LogP contribution in [0.5, 0.6) is 0 Å². The summed E-state index contributed by atoms with van der Waals surface area (Å²) >= 11 is 0. The summed E-state index contributed by atoms with van der Waals surface area (Å²) in [6.45, 7) is 2.74. The molecule has 2 aliphatic rings. The number of aryl methyl sites for hydroxylation is 1. The number of hydrogen-bond acceptors (Lipinski definition) is 7. The zero-order valence-corrected chi connectivity index (χ0v) is 20.6. The Balaban J connectivity index is 1.49. The van der Waals surface area contributed by atoms with Gasteiger partial charge < -0.3 is 29.6 Å². The Kier molecular flexibility index (Phi) is 5.34. The Morgan fingerprint density at radius 2 is 1.84 bits per heavy atom. The fourth-order valence-corrected chi connectivity index (χ4v) is 5.20. The summed E-state index contributed by atoms with van der Waals surface area (Å²) in [6, 6.07) is 11.2. The number of nitrogens with two attached hydrogens (primary N) is 1. The third-order valence-corrected chi connectivity index (χ3v) is 7.38. The van der Waals surface area contributed by atoms with E-state index in [1.54, 1.807) is 16.7 Å². The molecule has 2 amide bonds. The van der Waals surface area contributed by atoms with Crippen LogP contribution in [0.2, 0.25) is 0 Å². The van der Waals surface area contributed by atoms with Crippen molar-refractivity contribution < 1.29 is 19.1 Å². The van der Waals surface area contributed by atoms with Gasteiger partial charge in [-0.25, -0.2) is 4.79 Å². The molecule has 2 aromatic carbocycles. The van der Waals surface area contributed by atoms with Gasteiger partial charge in [-0.2, -0.15) is 10.2 Å². The molecule has 1 saturated heterocycles. The first-order chi connectivity index (χ1) is 18.3. The van der Waals surface area contributed by atoms with Gasteiger partial charge >= 0.3 is 12.0 Å². The minimum absolute atomic E-state index is 0.0318. The number of carbonyl (C=O) groups excluding carboxylic acids is 1. The highest BCUT2D eigenvalue weighted by molar-refractivity contribution is 6.05. The molecule has 2 fully saturated rings. The molecule has 6 rings (SSSR count). The number of carbonyl (C=O) groups is 2. The van der Waals surface area contributed by atoms with Crippen LogP contribution in [0.15, 0.2) is 39.5 Å². The second kappa shape index (κ2) is 8.62. The molecule has 0 unspecified atom stereocenters. The molecule has 4 aromatic rings. The van der Waals surface area contributed by atoms with E-state index in [-0.39, 0.29) is 54.8 Å². The van der Waals surface area contributed by atoms with Gasteiger partial charge in [-0.1, -0.05) is 12.1 Å². The Morgan fingerprint density at radius 3 is 2.50 bits per heavy atom. The van der Waals surface area contributed by atoms with Crippen LogP contribution in [0.1, 0.15) is 40.7 Å². The van der Waals surface area contributed by atoms with E-state index in [0.29, 0.717) is 22.2 Å². The van der Waals surface area contributed by atoms with Gasteiger partial charge in [0.1, 0.15) is 6.07 Å². The average Bonchev–Trinajstić information content (AvgIpc) is 3.65. The number of pyridine rings is 1. The highest BCUT2D eigenvalue weighted by Crippen LogP contribution is 2.40. The van der Waals surface area contributed by atoms with Crippen LogP contribution < -0.4 is 11.3 Å². The van der Waals surface area contributed by atoms with E-state index in [9.17, 15) is 24.8 Å². The van der Waals surface area contributed by atoms with Crippen molar-refractivity contribution in [3.8, 4) is 17.2 Å². The number of oxazole rings is 1. The maximum Gasteiger partial charge on any atom is 0.407 e. The fourth-order valence-electron chi connectivity index (χ4n) is 5.20. The smallest absolute Gasteiger partial charge is 0.407 e. The number of piperazine rings is 1. The summed E-state index contributed by atoms with van der Waals surface area (Å²) in [7, 11) is 0. The van der Waals surface area contributed by atoms with Crippen LogP contribution in [-0.4, -0.2) is 62.6 Å². The van der Waals surface area contributed by atoms with Crippen LogP contribution >= 0.6 is 0 Å². The lowest BCUT2D eigenvalue weighted by Crippen LogP contribution is -2.50. The third-order valence-electron chi connectivity index (χ3n) is 7.38. The number of aromatic nitrogens is 2. The van der Waals surface area contributed by atoms with Gasteiger partial charge in [0.25, 0.3) is 11.4 Å². The van der Waals surface area contributed by atoms with Crippen LogP contribution in [-0.2, 0) is 0 Å². The Hall–Kier alpha value is -4.85. The number of nitrogen functional groups attached to an aromatic ring is 1. The van der Waals surface area contributed by atoms with E-state index in [4.69, 9.17) is 10.2 Å². The maximum atomic E-state index is 13.7. The van der Waals surface area contributed by atoms with E-state index in [0.717, 1.165) is 29.5 Å². The van der Waals surface area contributed by atoms with Crippen LogP contribution in [0.4, 0.5) is 10.5 Å². The Morgan fingerprint density at radius 1 is 1.13 bits per heavy atom. The van der Waals surface area contributed by atoms with E-state index < -0.39 is 12.0 Å². The van der Waals surface area contributed by atoms with Gasteiger partial charge in [0.15, 0.2) is 11.1 Å². The van der Waals surface area contributed by atoms with Gasteiger partial charge in [0.2, 0.25) is 0 Å². The van der Waals surface area contributed by atoms with E-state index in [1.165, 1.54) is 9.80 Å². The molecule has 0 spiro atoms. The normalized spacial score (nSPS) is 15.7. The summed E-state index contributed by atoms with van der Waals surface area (Å²) in [5.41, 5.74) is 9.94. The molecule has 192 valence electrons. The molecule has 3 N–H and O–H groups in total. The first kappa shape index (κ1) is 23.5. The number of nitriles is 1. The van der Waals surface area contributed by atoms with Crippen molar-refractivity contribution in [3.05, 3.63) is 57.7 Å². The molecule has 2 aromatic heterocycles. The topological polar surface area (TPSA) is 159 Å². The molecule has 1 saturated carbocycles. The van der Waals surface area contributed by atoms with Gasteiger partial charge in [0, 0.05) is 43.3 Å². The number of benzene rings is 2. The second-order valence-corrected chi connectivity index (χ2v) is 9.71. The monoisotopic (exact) mass is 512 g/mol. The summed E-state index contributed by atoms with van der Waals surface area (Å²) in [5.74, 6) is -0.661. The number of anilines is 1.